The lowest BCUT2D eigenvalue weighted by Gasteiger charge is -2.09. The van der Waals surface area contributed by atoms with Gasteiger partial charge in [0.15, 0.2) is 0 Å². The first kappa shape index (κ1) is 20.8. The van der Waals surface area contributed by atoms with Gasteiger partial charge in [0.25, 0.3) is 0 Å². The van der Waals surface area contributed by atoms with Crippen molar-refractivity contribution in [2.75, 3.05) is 46.2 Å². The molecule has 0 rings (SSSR count). The van der Waals surface area contributed by atoms with Crippen molar-refractivity contribution in [2.45, 2.75) is 59.4 Å². The summed E-state index contributed by atoms with van der Waals surface area (Å²) in [5.41, 5.74) is 0. The van der Waals surface area contributed by atoms with Crippen molar-refractivity contribution in [3.05, 3.63) is 0 Å². The average molecular weight is 303 g/mol. The number of ether oxygens (including phenoxy) is 3. The first-order chi connectivity index (χ1) is 10.1. The fourth-order valence-electron chi connectivity index (χ4n) is 1.90. The molecular weight excluding hydrogens is 266 g/mol. The van der Waals surface area contributed by atoms with Crippen molar-refractivity contribution in [3.63, 3.8) is 0 Å². The molecule has 128 valence electrons. The van der Waals surface area contributed by atoms with Crippen molar-refractivity contribution in [2.24, 2.45) is 5.92 Å². The third-order valence-electron chi connectivity index (χ3n) is 3.11. The number of hydrogen-bond acceptors (Lipinski definition) is 4. The molecule has 0 saturated carbocycles. The van der Waals surface area contributed by atoms with Crippen LogP contribution >= 0.6 is 0 Å². The number of hydrogen-bond donors (Lipinski definition) is 1. The van der Waals surface area contributed by atoms with Gasteiger partial charge in [-0.05, 0) is 12.3 Å². The van der Waals surface area contributed by atoms with E-state index < -0.39 is 0 Å². The molecule has 0 aliphatic heterocycles. The van der Waals surface area contributed by atoms with Crippen LogP contribution in [0.1, 0.15) is 53.4 Å². The maximum absolute atomic E-state index is 5.54. The number of unbranched alkanes of at least 4 members (excludes halogenated alkanes) is 2. The van der Waals surface area contributed by atoms with E-state index in [0.717, 1.165) is 25.7 Å². The molecule has 21 heavy (non-hydrogen) atoms. The van der Waals surface area contributed by atoms with E-state index in [-0.39, 0.29) is 0 Å². The first-order valence-electron chi connectivity index (χ1n) is 8.59. The number of nitrogens with one attached hydrogen (secondary N) is 1. The van der Waals surface area contributed by atoms with Gasteiger partial charge in [0, 0.05) is 19.2 Å². The van der Waals surface area contributed by atoms with Crippen LogP contribution in [0, 0.1) is 5.92 Å². The Balaban J connectivity index is 2.96. The summed E-state index contributed by atoms with van der Waals surface area (Å²) in [6.07, 6.45) is 5.09. The lowest BCUT2D eigenvalue weighted by Crippen LogP contribution is -2.27. The molecule has 0 aromatic rings. The van der Waals surface area contributed by atoms with Crippen molar-refractivity contribution in [1.29, 1.82) is 0 Å². The van der Waals surface area contributed by atoms with Gasteiger partial charge in [-0.25, -0.2) is 0 Å². The van der Waals surface area contributed by atoms with Gasteiger partial charge in [-0.3, -0.25) is 0 Å². The summed E-state index contributed by atoms with van der Waals surface area (Å²) in [6.45, 7) is 14.0. The van der Waals surface area contributed by atoms with Crippen LogP contribution < -0.4 is 5.32 Å². The Labute approximate surface area is 131 Å². The van der Waals surface area contributed by atoms with Crippen molar-refractivity contribution in [3.8, 4) is 0 Å². The van der Waals surface area contributed by atoms with E-state index in [9.17, 15) is 0 Å². The second-order valence-corrected chi connectivity index (χ2v) is 6.19. The molecular formula is C17H37NO3. The van der Waals surface area contributed by atoms with E-state index in [2.05, 4.69) is 33.0 Å². The second kappa shape index (κ2) is 16.2. The molecule has 0 aromatic carbocycles. The SMILES string of the molecule is CC(C)CCCCCOCCOCCOCCNC(C)C. The molecule has 0 spiro atoms. The molecule has 0 saturated heterocycles. The summed E-state index contributed by atoms with van der Waals surface area (Å²) < 4.78 is 16.4. The number of rotatable bonds is 16. The highest BCUT2D eigenvalue weighted by Gasteiger charge is 1.95. The predicted molar refractivity (Wildman–Crippen MR) is 88.9 cm³/mol. The molecule has 0 heterocycles. The van der Waals surface area contributed by atoms with E-state index in [4.69, 9.17) is 14.2 Å². The maximum Gasteiger partial charge on any atom is 0.0701 e. The highest BCUT2D eigenvalue weighted by atomic mass is 16.5. The minimum atomic E-state index is 0.521. The third kappa shape index (κ3) is 19.8. The van der Waals surface area contributed by atoms with Crippen LogP contribution in [0.2, 0.25) is 0 Å². The van der Waals surface area contributed by atoms with E-state index in [1.807, 2.05) is 0 Å². The summed E-state index contributed by atoms with van der Waals surface area (Å²) in [4.78, 5) is 0. The Morgan fingerprint density at radius 2 is 1.24 bits per heavy atom. The smallest absolute Gasteiger partial charge is 0.0701 e. The topological polar surface area (TPSA) is 39.7 Å². The Bertz CT molecular complexity index is 178. The summed E-state index contributed by atoms with van der Waals surface area (Å²) in [6, 6.07) is 0.521. The molecule has 0 atom stereocenters. The van der Waals surface area contributed by atoms with Crippen molar-refractivity contribution >= 4 is 0 Å². The molecule has 0 aliphatic rings. The molecule has 4 nitrogen and oxygen atoms in total. The van der Waals surface area contributed by atoms with Gasteiger partial charge < -0.3 is 19.5 Å². The molecule has 0 fully saturated rings. The van der Waals surface area contributed by atoms with Crippen molar-refractivity contribution < 1.29 is 14.2 Å². The zero-order chi connectivity index (χ0) is 15.8. The van der Waals surface area contributed by atoms with Crippen LogP contribution in [-0.2, 0) is 14.2 Å². The fourth-order valence-corrected chi connectivity index (χ4v) is 1.90. The van der Waals surface area contributed by atoms with E-state index in [1.165, 1.54) is 25.7 Å². The van der Waals surface area contributed by atoms with Gasteiger partial charge >= 0.3 is 0 Å². The lowest BCUT2D eigenvalue weighted by molar-refractivity contribution is 0.0142. The first-order valence-corrected chi connectivity index (χ1v) is 8.59. The molecule has 0 aromatic heterocycles. The third-order valence-corrected chi connectivity index (χ3v) is 3.11. The standard InChI is InChI=1S/C17H37NO3/c1-16(2)8-6-5-7-10-19-12-14-21-15-13-20-11-9-18-17(3)4/h16-18H,5-15H2,1-4H3. The van der Waals surface area contributed by atoms with E-state index >= 15 is 0 Å². The zero-order valence-electron chi connectivity index (χ0n) is 14.7. The normalized spacial score (nSPS) is 11.7. The van der Waals surface area contributed by atoms with Gasteiger partial charge in [0.2, 0.25) is 0 Å². The molecule has 0 aliphatic carbocycles. The lowest BCUT2D eigenvalue weighted by atomic mass is 10.1. The summed E-state index contributed by atoms with van der Waals surface area (Å²) in [5, 5.41) is 3.31. The van der Waals surface area contributed by atoms with Gasteiger partial charge in [-0.15, -0.1) is 0 Å². The molecule has 0 amide bonds. The minimum absolute atomic E-state index is 0.521. The zero-order valence-corrected chi connectivity index (χ0v) is 14.7. The Kier molecular flexibility index (Phi) is 16.1. The minimum Gasteiger partial charge on any atom is -0.379 e. The molecule has 0 unspecified atom stereocenters. The van der Waals surface area contributed by atoms with Gasteiger partial charge in [0.05, 0.1) is 33.0 Å². The fraction of sp³-hybridized carbons (Fsp3) is 1.00. The van der Waals surface area contributed by atoms with Gasteiger partial charge in [-0.1, -0.05) is 47.0 Å². The largest absolute Gasteiger partial charge is 0.379 e. The summed E-state index contributed by atoms with van der Waals surface area (Å²) >= 11 is 0. The highest BCUT2D eigenvalue weighted by Crippen LogP contribution is 2.07. The maximum atomic E-state index is 5.54. The van der Waals surface area contributed by atoms with Gasteiger partial charge in [0.1, 0.15) is 0 Å². The highest BCUT2D eigenvalue weighted by molar-refractivity contribution is 4.50. The Morgan fingerprint density at radius 1 is 0.667 bits per heavy atom. The Morgan fingerprint density at radius 3 is 1.81 bits per heavy atom. The van der Waals surface area contributed by atoms with Crippen LogP contribution in [-0.4, -0.2) is 52.2 Å². The Hall–Kier alpha value is -0.160. The molecule has 4 heteroatoms. The van der Waals surface area contributed by atoms with Crippen LogP contribution in [0.4, 0.5) is 0 Å². The van der Waals surface area contributed by atoms with Gasteiger partial charge in [-0.2, -0.15) is 0 Å². The monoisotopic (exact) mass is 303 g/mol. The molecule has 0 radical (unpaired) electrons. The summed E-state index contributed by atoms with van der Waals surface area (Å²) in [5.74, 6) is 0.822. The second-order valence-electron chi connectivity index (χ2n) is 6.19. The van der Waals surface area contributed by atoms with E-state index in [0.29, 0.717) is 32.5 Å². The van der Waals surface area contributed by atoms with Crippen LogP contribution in [0.25, 0.3) is 0 Å². The molecule has 1 N–H and O–H groups in total. The molecule has 0 bridgehead atoms. The summed E-state index contributed by atoms with van der Waals surface area (Å²) in [7, 11) is 0. The average Bonchev–Trinajstić information content (AvgIpc) is 2.42. The van der Waals surface area contributed by atoms with Crippen LogP contribution in [0.15, 0.2) is 0 Å². The van der Waals surface area contributed by atoms with Crippen LogP contribution in [0.3, 0.4) is 0 Å². The van der Waals surface area contributed by atoms with Crippen molar-refractivity contribution in [1.82, 2.24) is 5.32 Å². The van der Waals surface area contributed by atoms with E-state index in [1.54, 1.807) is 0 Å². The van der Waals surface area contributed by atoms with Crippen LogP contribution in [0.5, 0.6) is 0 Å². The predicted octanol–water partition coefficient (Wildman–Crippen LogP) is 3.25. The quantitative estimate of drug-likeness (QED) is 0.444.